The second-order valence-electron chi connectivity index (χ2n) is 9.43. The quantitative estimate of drug-likeness (QED) is 0.103. The molecule has 222 valence electrons. The number of methoxy groups -OCH3 is 1. The molecule has 0 bridgehead atoms. The summed E-state index contributed by atoms with van der Waals surface area (Å²) in [6, 6.07) is 25.3. The molecule has 0 aliphatic rings. The molecular formula is C33H28N4O4S3. The van der Waals surface area contributed by atoms with Crippen molar-refractivity contribution in [3.8, 4) is 17.0 Å². The summed E-state index contributed by atoms with van der Waals surface area (Å²) in [4.78, 5) is 44.2. The number of thiazole rings is 1. The molecule has 0 aliphatic heterocycles. The van der Waals surface area contributed by atoms with E-state index >= 15 is 0 Å². The van der Waals surface area contributed by atoms with Crippen LogP contribution in [-0.4, -0.2) is 35.1 Å². The Morgan fingerprint density at radius 3 is 2.34 bits per heavy atom. The van der Waals surface area contributed by atoms with Crippen molar-refractivity contribution in [3.05, 3.63) is 118 Å². The predicted octanol–water partition coefficient (Wildman–Crippen LogP) is 7.41. The number of nitrogens with one attached hydrogen (secondary N) is 3. The van der Waals surface area contributed by atoms with E-state index in [-0.39, 0.29) is 17.5 Å². The smallest absolute Gasteiger partial charge is 0.272 e. The molecular weight excluding hydrogens is 613 g/mol. The lowest BCUT2D eigenvalue weighted by atomic mass is 10.2. The van der Waals surface area contributed by atoms with Gasteiger partial charge in [0.25, 0.3) is 11.8 Å². The van der Waals surface area contributed by atoms with Crippen molar-refractivity contribution in [1.82, 2.24) is 10.3 Å². The van der Waals surface area contributed by atoms with E-state index in [2.05, 4.69) is 20.9 Å². The number of carbonyl (C=O) groups is 3. The van der Waals surface area contributed by atoms with Crippen molar-refractivity contribution >= 4 is 69.1 Å². The number of benzene rings is 3. The highest BCUT2D eigenvalue weighted by Crippen LogP contribution is 2.29. The number of ether oxygens (including phenoxy) is 1. The van der Waals surface area contributed by atoms with E-state index in [1.54, 1.807) is 49.6 Å². The van der Waals surface area contributed by atoms with Crippen molar-refractivity contribution in [2.45, 2.75) is 17.1 Å². The van der Waals surface area contributed by atoms with Gasteiger partial charge in [0.2, 0.25) is 5.91 Å². The van der Waals surface area contributed by atoms with Crippen molar-refractivity contribution in [2.75, 3.05) is 17.7 Å². The fourth-order valence-electron chi connectivity index (χ4n) is 3.97. The average molecular weight is 641 g/mol. The van der Waals surface area contributed by atoms with Crippen LogP contribution in [0.5, 0.6) is 5.75 Å². The average Bonchev–Trinajstić information content (AvgIpc) is 3.74. The third kappa shape index (κ3) is 8.22. The SMILES string of the molecule is COc1ccc(-c2csc(NC(=O)C(C)Sc3ccc(NC(=O)/C(=C/c4ccsc4)NC(=O)c4ccccc4)cc3)n2)cc1. The number of thioether (sulfide) groups is 1. The van der Waals surface area contributed by atoms with E-state index in [9.17, 15) is 14.4 Å². The van der Waals surface area contributed by atoms with E-state index in [0.717, 1.165) is 27.5 Å². The fourth-order valence-corrected chi connectivity index (χ4v) is 6.18. The van der Waals surface area contributed by atoms with Crippen molar-refractivity contribution < 1.29 is 19.1 Å². The first-order valence-electron chi connectivity index (χ1n) is 13.5. The minimum absolute atomic E-state index is 0.123. The summed E-state index contributed by atoms with van der Waals surface area (Å²) in [7, 11) is 1.62. The third-order valence-electron chi connectivity index (χ3n) is 6.30. The molecule has 1 unspecified atom stereocenters. The van der Waals surface area contributed by atoms with Gasteiger partial charge in [-0.25, -0.2) is 4.98 Å². The van der Waals surface area contributed by atoms with Crippen LogP contribution in [0, 0.1) is 0 Å². The maximum absolute atomic E-state index is 13.2. The number of aromatic nitrogens is 1. The Balaban J connectivity index is 1.18. The third-order valence-corrected chi connectivity index (χ3v) is 8.87. The molecule has 3 N–H and O–H groups in total. The summed E-state index contributed by atoms with van der Waals surface area (Å²) in [5.41, 5.74) is 3.64. The van der Waals surface area contributed by atoms with Crippen LogP contribution in [0.3, 0.4) is 0 Å². The van der Waals surface area contributed by atoms with Crippen LogP contribution in [0.25, 0.3) is 17.3 Å². The van der Waals surface area contributed by atoms with Gasteiger partial charge in [-0.15, -0.1) is 23.1 Å². The Morgan fingerprint density at radius 2 is 1.66 bits per heavy atom. The monoisotopic (exact) mass is 640 g/mol. The topological polar surface area (TPSA) is 109 Å². The largest absolute Gasteiger partial charge is 0.497 e. The molecule has 0 radical (unpaired) electrons. The van der Waals surface area contributed by atoms with Gasteiger partial charge in [-0.05, 0) is 96.1 Å². The molecule has 1 atom stereocenters. The van der Waals surface area contributed by atoms with Crippen LogP contribution in [0.15, 0.2) is 112 Å². The lowest BCUT2D eigenvalue weighted by Crippen LogP contribution is -2.30. The zero-order valence-corrected chi connectivity index (χ0v) is 26.2. The number of thiophene rings is 1. The molecule has 5 aromatic rings. The molecule has 44 heavy (non-hydrogen) atoms. The van der Waals surface area contributed by atoms with Crippen LogP contribution in [-0.2, 0) is 9.59 Å². The summed E-state index contributed by atoms with van der Waals surface area (Å²) in [5, 5.41) is 14.3. The summed E-state index contributed by atoms with van der Waals surface area (Å²) >= 11 is 4.25. The lowest BCUT2D eigenvalue weighted by molar-refractivity contribution is -0.115. The first-order chi connectivity index (χ1) is 21.4. The van der Waals surface area contributed by atoms with Crippen LogP contribution >= 0.6 is 34.4 Å². The highest BCUT2D eigenvalue weighted by molar-refractivity contribution is 8.00. The van der Waals surface area contributed by atoms with E-state index < -0.39 is 11.2 Å². The summed E-state index contributed by atoms with van der Waals surface area (Å²) in [6.07, 6.45) is 1.64. The molecule has 2 aromatic heterocycles. The Bertz CT molecular complexity index is 1750. The number of amides is 3. The number of nitrogens with zero attached hydrogens (tertiary/aromatic N) is 1. The fraction of sp³-hybridized carbons (Fsp3) is 0.0909. The molecule has 0 aliphatic carbocycles. The maximum atomic E-state index is 13.2. The van der Waals surface area contributed by atoms with Gasteiger partial charge in [-0.1, -0.05) is 18.2 Å². The van der Waals surface area contributed by atoms with Gasteiger partial charge >= 0.3 is 0 Å². The molecule has 5 rings (SSSR count). The number of rotatable bonds is 11. The van der Waals surface area contributed by atoms with Crippen molar-refractivity contribution in [2.24, 2.45) is 0 Å². The Kier molecular flexibility index (Phi) is 10.2. The van der Waals surface area contributed by atoms with Gasteiger partial charge in [-0.2, -0.15) is 11.3 Å². The standard InChI is InChI=1S/C33H28N4O4S3/c1-21(30(38)37-33-36-29(20-43-33)23-8-12-26(41-2)13-9-23)44-27-14-10-25(11-15-27)34-32(40)28(18-22-16-17-42-19-22)35-31(39)24-6-4-3-5-7-24/h3-21H,1-2H3,(H,34,40)(H,35,39)(H,36,37,38)/b28-18-. The zero-order chi connectivity index (χ0) is 30.9. The Hall–Kier alpha value is -4.71. The van der Waals surface area contributed by atoms with Gasteiger partial charge in [0.15, 0.2) is 5.13 Å². The summed E-state index contributed by atoms with van der Waals surface area (Å²) < 4.78 is 5.20. The molecule has 3 amide bonds. The van der Waals surface area contributed by atoms with Gasteiger partial charge < -0.3 is 20.7 Å². The molecule has 3 aromatic carbocycles. The van der Waals surface area contributed by atoms with Crippen LogP contribution in [0.1, 0.15) is 22.8 Å². The van der Waals surface area contributed by atoms with E-state index in [1.165, 1.54) is 34.4 Å². The number of carbonyl (C=O) groups excluding carboxylic acids is 3. The summed E-state index contributed by atoms with van der Waals surface area (Å²) in [5.74, 6) is -0.232. The first kappa shape index (κ1) is 30.7. The molecule has 2 heterocycles. The van der Waals surface area contributed by atoms with E-state index in [0.29, 0.717) is 16.4 Å². The predicted molar refractivity (Wildman–Crippen MR) is 179 cm³/mol. The van der Waals surface area contributed by atoms with Gasteiger partial charge in [0.1, 0.15) is 11.4 Å². The molecule has 8 nitrogen and oxygen atoms in total. The number of hydrogen-bond donors (Lipinski definition) is 3. The molecule has 0 fully saturated rings. The second-order valence-corrected chi connectivity index (χ2v) is 12.5. The molecule has 11 heteroatoms. The Labute approximate surface area is 267 Å². The van der Waals surface area contributed by atoms with Crippen molar-refractivity contribution in [1.29, 1.82) is 0 Å². The number of hydrogen-bond acceptors (Lipinski definition) is 8. The van der Waals surface area contributed by atoms with Gasteiger partial charge in [0.05, 0.1) is 18.1 Å². The first-order valence-corrected chi connectivity index (χ1v) is 16.2. The Morgan fingerprint density at radius 1 is 0.909 bits per heavy atom. The van der Waals surface area contributed by atoms with Crippen LogP contribution in [0.4, 0.5) is 10.8 Å². The van der Waals surface area contributed by atoms with Crippen LogP contribution < -0.4 is 20.7 Å². The lowest BCUT2D eigenvalue weighted by Gasteiger charge is -2.13. The zero-order valence-electron chi connectivity index (χ0n) is 23.8. The van der Waals surface area contributed by atoms with Gasteiger partial charge in [0, 0.05) is 27.1 Å². The number of anilines is 2. The van der Waals surface area contributed by atoms with Crippen LogP contribution in [0.2, 0.25) is 0 Å². The molecule has 0 spiro atoms. The van der Waals surface area contributed by atoms with E-state index in [1.807, 2.05) is 71.6 Å². The van der Waals surface area contributed by atoms with E-state index in [4.69, 9.17) is 4.74 Å². The van der Waals surface area contributed by atoms with Crippen molar-refractivity contribution in [3.63, 3.8) is 0 Å². The normalized spacial score (nSPS) is 11.8. The maximum Gasteiger partial charge on any atom is 0.272 e. The summed E-state index contributed by atoms with van der Waals surface area (Å²) in [6.45, 7) is 1.82. The highest BCUT2D eigenvalue weighted by Gasteiger charge is 2.18. The minimum Gasteiger partial charge on any atom is -0.497 e. The highest BCUT2D eigenvalue weighted by atomic mass is 32.2. The minimum atomic E-state index is -0.453. The molecule has 0 saturated heterocycles. The van der Waals surface area contributed by atoms with Gasteiger partial charge in [-0.3, -0.25) is 14.4 Å². The second kappa shape index (κ2) is 14.6. The molecule has 0 saturated carbocycles.